The molecule has 0 aliphatic rings. The Hall–Kier alpha value is -0.690. The monoisotopic (exact) mass is 376 g/mol. The van der Waals surface area contributed by atoms with Crippen LogP contribution in [0.15, 0.2) is 18.2 Å². The molecule has 0 saturated heterocycles. The van der Waals surface area contributed by atoms with Crippen molar-refractivity contribution in [1.29, 1.82) is 0 Å². The highest BCUT2D eigenvalue weighted by Crippen LogP contribution is 2.18. The Bertz CT molecular complexity index is 480. The van der Waals surface area contributed by atoms with Crippen molar-refractivity contribution in [3.8, 4) is 0 Å². The van der Waals surface area contributed by atoms with Crippen LogP contribution < -0.4 is 10.6 Å². The molecule has 3 nitrogen and oxygen atoms in total. The first-order valence-corrected chi connectivity index (χ1v) is 7.07. The summed E-state index contributed by atoms with van der Waals surface area (Å²) in [5.74, 6) is -0.0943. The molecule has 0 spiro atoms. The largest absolute Gasteiger partial charge is 0.332 e. The lowest BCUT2D eigenvalue weighted by Gasteiger charge is -2.19. The molecule has 0 unspecified atom stereocenters. The number of hydrogen-bond acceptors (Lipinski definition) is 2. The Kier molecular flexibility index (Phi) is 5.10. The van der Waals surface area contributed by atoms with Crippen LogP contribution in [0, 0.1) is 15.9 Å². The summed E-state index contributed by atoms with van der Waals surface area (Å²) in [4.78, 5) is 11.8. The van der Waals surface area contributed by atoms with Crippen molar-refractivity contribution >= 4 is 51.5 Å². The summed E-state index contributed by atoms with van der Waals surface area (Å²) in [7, 11) is 0. The number of benzene rings is 1. The van der Waals surface area contributed by atoms with Crippen molar-refractivity contribution in [2.75, 3.05) is 5.32 Å². The predicted octanol–water partition coefficient (Wildman–Crippen LogP) is 3.46. The molecule has 18 heavy (non-hydrogen) atoms. The number of halogens is 1. The fraction of sp³-hybridized carbons (Fsp3) is 0.385. The fourth-order valence-electron chi connectivity index (χ4n) is 1.21. The minimum Gasteiger partial charge on any atom is -0.332 e. The van der Waals surface area contributed by atoms with E-state index < -0.39 is 5.41 Å². The molecule has 0 atom stereocenters. The standard InChI is InChI=1S/C13H17IN2OS/c1-8-7-9(14)5-6-10(8)15-12(18)16-11(17)13(2,3)4/h5-7H,1-4H3,(H2,15,16,17,18). The van der Waals surface area contributed by atoms with Gasteiger partial charge in [-0.1, -0.05) is 20.8 Å². The van der Waals surface area contributed by atoms with Gasteiger partial charge in [-0.15, -0.1) is 0 Å². The molecule has 0 heterocycles. The molecule has 0 aromatic heterocycles. The second kappa shape index (κ2) is 5.97. The molecule has 5 heteroatoms. The van der Waals surface area contributed by atoms with Crippen molar-refractivity contribution in [2.45, 2.75) is 27.7 Å². The van der Waals surface area contributed by atoms with E-state index in [1.165, 1.54) is 3.57 Å². The third-order valence-electron chi connectivity index (χ3n) is 2.34. The summed E-state index contributed by atoms with van der Waals surface area (Å²) >= 11 is 7.38. The van der Waals surface area contributed by atoms with E-state index in [1.54, 1.807) is 0 Å². The highest BCUT2D eigenvalue weighted by molar-refractivity contribution is 14.1. The Morgan fingerprint density at radius 2 is 1.94 bits per heavy atom. The van der Waals surface area contributed by atoms with Crippen LogP contribution in [0.5, 0.6) is 0 Å². The van der Waals surface area contributed by atoms with Crippen LogP contribution in [0.4, 0.5) is 5.69 Å². The van der Waals surface area contributed by atoms with E-state index in [2.05, 4.69) is 39.3 Å². The highest BCUT2D eigenvalue weighted by Gasteiger charge is 2.22. The second-order valence-electron chi connectivity index (χ2n) is 5.12. The topological polar surface area (TPSA) is 41.1 Å². The molecule has 0 radical (unpaired) electrons. The van der Waals surface area contributed by atoms with Gasteiger partial charge in [0, 0.05) is 14.7 Å². The van der Waals surface area contributed by atoms with Crippen LogP contribution in [0.3, 0.4) is 0 Å². The van der Waals surface area contributed by atoms with Gasteiger partial charge in [-0.3, -0.25) is 4.79 Å². The van der Waals surface area contributed by atoms with Gasteiger partial charge in [-0.05, 0) is 65.5 Å². The summed E-state index contributed by atoms with van der Waals surface area (Å²) in [6.45, 7) is 7.54. The molecule has 1 rings (SSSR count). The van der Waals surface area contributed by atoms with Crippen LogP contribution in [0.2, 0.25) is 0 Å². The average Bonchev–Trinajstić information content (AvgIpc) is 2.20. The van der Waals surface area contributed by atoms with E-state index in [1.807, 2.05) is 39.8 Å². The molecule has 1 aromatic rings. The predicted molar refractivity (Wildman–Crippen MR) is 87.7 cm³/mol. The second-order valence-corrected chi connectivity index (χ2v) is 6.77. The van der Waals surface area contributed by atoms with Crippen molar-refractivity contribution < 1.29 is 4.79 Å². The lowest BCUT2D eigenvalue weighted by molar-refractivity contribution is -0.126. The van der Waals surface area contributed by atoms with Gasteiger partial charge in [0.15, 0.2) is 5.11 Å². The number of aryl methyl sites for hydroxylation is 1. The van der Waals surface area contributed by atoms with Crippen LogP contribution in [-0.2, 0) is 4.79 Å². The molecular weight excluding hydrogens is 359 g/mol. The first-order valence-electron chi connectivity index (χ1n) is 5.59. The highest BCUT2D eigenvalue weighted by atomic mass is 127. The first-order chi connectivity index (χ1) is 8.20. The number of nitrogens with one attached hydrogen (secondary N) is 2. The van der Waals surface area contributed by atoms with Crippen LogP contribution in [0.1, 0.15) is 26.3 Å². The zero-order valence-electron chi connectivity index (χ0n) is 10.9. The molecule has 1 amide bonds. The minimum absolute atomic E-state index is 0.0943. The van der Waals surface area contributed by atoms with Gasteiger partial charge in [-0.25, -0.2) is 0 Å². The molecule has 0 aliphatic heterocycles. The number of anilines is 1. The maximum atomic E-state index is 11.8. The molecule has 0 aliphatic carbocycles. The van der Waals surface area contributed by atoms with E-state index in [-0.39, 0.29) is 5.91 Å². The summed E-state index contributed by atoms with van der Waals surface area (Å²) < 4.78 is 1.17. The van der Waals surface area contributed by atoms with Crippen LogP contribution in [0.25, 0.3) is 0 Å². The van der Waals surface area contributed by atoms with E-state index in [0.717, 1.165) is 11.3 Å². The number of hydrogen-bond donors (Lipinski definition) is 2. The van der Waals surface area contributed by atoms with Crippen molar-refractivity contribution in [1.82, 2.24) is 5.32 Å². The van der Waals surface area contributed by atoms with Crippen LogP contribution in [-0.4, -0.2) is 11.0 Å². The van der Waals surface area contributed by atoms with Gasteiger partial charge in [-0.2, -0.15) is 0 Å². The maximum Gasteiger partial charge on any atom is 0.231 e. The number of rotatable bonds is 1. The minimum atomic E-state index is -0.452. The number of carbonyl (C=O) groups excluding carboxylic acids is 1. The summed E-state index contributed by atoms with van der Waals surface area (Å²) in [6, 6.07) is 5.99. The molecule has 0 bridgehead atoms. The Morgan fingerprint density at radius 1 is 1.33 bits per heavy atom. The molecule has 2 N–H and O–H groups in total. The zero-order valence-corrected chi connectivity index (χ0v) is 13.9. The van der Waals surface area contributed by atoms with Gasteiger partial charge in [0.25, 0.3) is 0 Å². The lowest BCUT2D eigenvalue weighted by atomic mass is 9.96. The summed E-state index contributed by atoms with van der Waals surface area (Å²) in [5, 5.41) is 6.06. The third kappa shape index (κ3) is 4.53. The Balaban J connectivity index is 2.68. The van der Waals surface area contributed by atoms with Crippen molar-refractivity contribution in [3.05, 3.63) is 27.3 Å². The third-order valence-corrected chi connectivity index (χ3v) is 3.22. The molecule has 0 fully saturated rings. The molecule has 98 valence electrons. The number of amides is 1. The summed E-state index contributed by atoms with van der Waals surface area (Å²) in [6.07, 6.45) is 0. The maximum absolute atomic E-state index is 11.8. The van der Waals surface area contributed by atoms with Gasteiger partial charge in [0.1, 0.15) is 0 Å². The molecule has 0 saturated carbocycles. The van der Waals surface area contributed by atoms with E-state index >= 15 is 0 Å². The van der Waals surface area contributed by atoms with E-state index in [4.69, 9.17) is 12.2 Å². The van der Waals surface area contributed by atoms with Gasteiger partial charge >= 0.3 is 0 Å². The number of carbonyl (C=O) groups is 1. The molecular formula is C13H17IN2OS. The zero-order chi connectivity index (χ0) is 13.9. The molecule has 1 aromatic carbocycles. The van der Waals surface area contributed by atoms with Gasteiger partial charge in [0.05, 0.1) is 0 Å². The van der Waals surface area contributed by atoms with Crippen molar-refractivity contribution in [3.63, 3.8) is 0 Å². The first kappa shape index (κ1) is 15.4. The average molecular weight is 376 g/mol. The summed E-state index contributed by atoms with van der Waals surface area (Å²) in [5.41, 5.74) is 1.55. The van der Waals surface area contributed by atoms with E-state index in [9.17, 15) is 4.79 Å². The fourth-order valence-corrected chi connectivity index (χ4v) is 2.06. The van der Waals surface area contributed by atoms with Crippen molar-refractivity contribution in [2.24, 2.45) is 5.41 Å². The Morgan fingerprint density at radius 3 is 2.44 bits per heavy atom. The smallest absolute Gasteiger partial charge is 0.231 e. The number of thiocarbonyl (C=S) groups is 1. The van der Waals surface area contributed by atoms with Gasteiger partial charge in [0.2, 0.25) is 5.91 Å². The quantitative estimate of drug-likeness (QED) is 0.583. The van der Waals surface area contributed by atoms with E-state index in [0.29, 0.717) is 5.11 Å². The lowest BCUT2D eigenvalue weighted by Crippen LogP contribution is -2.41. The Labute approximate surface area is 127 Å². The SMILES string of the molecule is Cc1cc(I)ccc1NC(=S)NC(=O)C(C)(C)C. The normalized spacial score (nSPS) is 10.9. The van der Waals surface area contributed by atoms with Crippen LogP contribution >= 0.6 is 34.8 Å². The van der Waals surface area contributed by atoms with Gasteiger partial charge < -0.3 is 10.6 Å².